The summed E-state index contributed by atoms with van der Waals surface area (Å²) >= 11 is 0. The van der Waals surface area contributed by atoms with Gasteiger partial charge in [-0.15, -0.1) is 0 Å². The van der Waals surface area contributed by atoms with Crippen LogP contribution in [-0.2, 0) is 6.54 Å². The summed E-state index contributed by atoms with van der Waals surface area (Å²) in [4.78, 5) is 12.8. The van der Waals surface area contributed by atoms with Crippen molar-refractivity contribution in [2.24, 2.45) is 5.84 Å². The van der Waals surface area contributed by atoms with Crippen LogP contribution in [-0.4, -0.2) is 19.5 Å². The second-order valence-electron chi connectivity index (χ2n) is 3.70. The predicted octanol–water partition coefficient (Wildman–Crippen LogP) is 0.554. The molecule has 0 amide bonds. The lowest BCUT2D eigenvalue weighted by Gasteiger charge is -2.16. The van der Waals surface area contributed by atoms with Crippen LogP contribution < -0.4 is 11.3 Å². The van der Waals surface area contributed by atoms with Gasteiger partial charge < -0.3 is 4.57 Å². The maximum atomic E-state index is 5.61. The van der Waals surface area contributed by atoms with E-state index >= 15 is 0 Å². The Morgan fingerprint density at radius 2 is 2.24 bits per heavy atom. The highest BCUT2D eigenvalue weighted by molar-refractivity contribution is 5.17. The van der Waals surface area contributed by atoms with Gasteiger partial charge >= 0.3 is 0 Å². The summed E-state index contributed by atoms with van der Waals surface area (Å²) in [5.74, 6) is 7.18. The van der Waals surface area contributed by atoms with Gasteiger partial charge in [0.05, 0.1) is 5.69 Å². The lowest BCUT2D eigenvalue weighted by molar-refractivity contribution is 0.548. The Morgan fingerprint density at radius 1 is 1.41 bits per heavy atom. The summed E-state index contributed by atoms with van der Waals surface area (Å²) in [7, 11) is 0. The van der Waals surface area contributed by atoms with Crippen molar-refractivity contribution in [1.29, 1.82) is 0 Å². The Kier molecular flexibility index (Phi) is 3.46. The highest BCUT2D eigenvalue weighted by atomic mass is 15.3. The van der Waals surface area contributed by atoms with E-state index in [0.29, 0.717) is 0 Å². The van der Waals surface area contributed by atoms with Crippen LogP contribution in [0.15, 0.2) is 24.7 Å². The number of nitrogens with zero attached hydrogens (tertiary/aromatic N) is 4. The van der Waals surface area contributed by atoms with E-state index in [-0.39, 0.29) is 6.04 Å². The number of imidazole rings is 1. The van der Waals surface area contributed by atoms with Gasteiger partial charge in [-0.1, -0.05) is 0 Å². The standard InChI is InChI=1S/C11H16N6/c1-3-17-7-6-14-11(17)10(16-12)9-4-5-13-8(2)15-9/h4-7,10,16H,3,12H2,1-2H3. The van der Waals surface area contributed by atoms with E-state index in [1.807, 2.05) is 23.8 Å². The number of rotatable bonds is 4. The average molecular weight is 232 g/mol. The smallest absolute Gasteiger partial charge is 0.133 e. The fraction of sp³-hybridized carbons (Fsp3) is 0.364. The van der Waals surface area contributed by atoms with Gasteiger partial charge in [0.1, 0.15) is 17.7 Å². The molecule has 0 fully saturated rings. The second-order valence-corrected chi connectivity index (χ2v) is 3.70. The van der Waals surface area contributed by atoms with Crippen LogP contribution in [0.3, 0.4) is 0 Å². The number of hydrazine groups is 1. The number of hydrogen-bond acceptors (Lipinski definition) is 5. The molecule has 1 atom stereocenters. The van der Waals surface area contributed by atoms with Crippen molar-refractivity contribution >= 4 is 0 Å². The molecule has 0 saturated heterocycles. The fourth-order valence-corrected chi connectivity index (χ4v) is 1.78. The molecule has 0 spiro atoms. The minimum Gasteiger partial charge on any atom is -0.334 e. The third-order valence-electron chi connectivity index (χ3n) is 2.61. The largest absolute Gasteiger partial charge is 0.334 e. The third kappa shape index (κ3) is 2.32. The van der Waals surface area contributed by atoms with Crippen LogP contribution in [0, 0.1) is 6.92 Å². The molecule has 1 unspecified atom stereocenters. The van der Waals surface area contributed by atoms with E-state index in [1.54, 1.807) is 12.4 Å². The van der Waals surface area contributed by atoms with Crippen LogP contribution in [0.25, 0.3) is 0 Å². The molecule has 17 heavy (non-hydrogen) atoms. The summed E-state index contributed by atoms with van der Waals surface area (Å²) in [6, 6.07) is 1.62. The Balaban J connectivity index is 2.40. The molecule has 0 radical (unpaired) electrons. The van der Waals surface area contributed by atoms with Crippen molar-refractivity contribution in [2.75, 3.05) is 0 Å². The summed E-state index contributed by atoms with van der Waals surface area (Å²) in [6.07, 6.45) is 5.41. The van der Waals surface area contributed by atoms with E-state index in [9.17, 15) is 0 Å². The zero-order valence-electron chi connectivity index (χ0n) is 9.96. The van der Waals surface area contributed by atoms with Crippen LogP contribution in [0.1, 0.15) is 30.3 Å². The van der Waals surface area contributed by atoms with Crippen molar-refractivity contribution in [1.82, 2.24) is 24.9 Å². The summed E-state index contributed by atoms with van der Waals surface area (Å²) in [6.45, 7) is 4.75. The van der Waals surface area contributed by atoms with Gasteiger partial charge in [-0.25, -0.2) is 20.4 Å². The fourth-order valence-electron chi connectivity index (χ4n) is 1.78. The molecule has 2 aromatic heterocycles. The lowest BCUT2D eigenvalue weighted by atomic mass is 10.2. The molecule has 2 heterocycles. The van der Waals surface area contributed by atoms with Crippen LogP contribution in [0.2, 0.25) is 0 Å². The van der Waals surface area contributed by atoms with Gasteiger partial charge in [0.2, 0.25) is 0 Å². The maximum Gasteiger partial charge on any atom is 0.133 e. The quantitative estimate of drug-likeness (QED) is 0.594. The molecule has 0 aromatic carbocycles. The Labute approximate surface area is 99.9 Å². The maximum absolute atomic E-state index is 5.61. The Hall–Kier alpha value is -1.79. The van der Waals surface area contributed by atoms with Crippen LogP contribution in [0.5, 0.6) is 0 Å². The van der Waals surface area contributed by atoms with Crippen molar-refractivity contribution in [2.45, 2.75) is 26.4 Å². The molecule has 90 valence electrons. The first-order valence-corrected chi connectivity index (χ1v) is 5.53. The Bertz CT molecular complexity index is 492. The normalized spacial score (nSPS) is 12.6. The third-order valence-corrected chi connectivity index (χ3v) is 2.61. The summed E-state index contributed by atoms with van der Waals surface area (Å²) < 4.78 is 2.03. The topological polar surface area (TPSA) is 81.7 Å². The molecule has 0 saturated carbocycles. The van der Waals surface area contributed by atoms with E-state index in [0.717, 1.165) is 23.9 Å². The van der Waals surface area contributed by atoms with Crippen LogP contribution >= 0.6 is 0 Å². The predicted molar refractivity (Wildman–Crippen MR) is 63.8 cm³/mol. The average Bonchev–Trinajstić information content (AvgIpc) is 2.78. The van der Waals surface area contributed by atoms with Gasteiger partial charge in [0.25, 0.3) is 0 Å². The highest BCUT2D eigenvalue weighted by Gasteiger charge is 2.18. The molecular formula is C11H16N6. The zero-order valence-corrected chi connectivity index (χ0v) is 9.96. The van der Waals surface area contributed by atoms with E-state index in [1.165, 1.54) is 0 Å². The minimum absolute atomic E-state index is 0.216. The summed E-state index contributed by atoms with van der Waals surface area (Å²) in [5.41, 5.74) is 3.57. The molecule has 0 aliphatic carbocycles. The van der Waals surface area contributed by atoms with Crippen molar-refractivity contribution < 1.29 is 0 Å². The molecule has 2 rings (SSSR count). The van der Waals surface area contributed by atoms with Crippen molar-refractivity contribution in [3.8, 4) is 0 Å². The van der Waals surface area contributed by atoms with Gasteiger partial charge in [0.15, 0.2) is 0 Å². The van der Waals surface area contributed by atoms with Gasteiger partial charge in [-0.3, -0.25) is 5.84 Å². The van der Waals surface area contributed by atoms with Crippen molar-refractivity contribution in [3.05, 3.63) is 42.0 Å². The van der Waals surface area contributed by atoms with Gasteiger partial charge in [-0.2, -0.15) is 0 Å². The molecule has 0 bridgehead atoms. The highest BCUT2D eigenvalue weighted by Crippen LogP contribution is 2.17. The molecule has 6 nitrogen and oxygen atoms in total. The van der Waals surface area contributed by atoms with Gasteiger partial charge in [0, 0.05) is 25.1 Å². The molecule has 2 aromatic rings. The number of nitrogens with two attached hydrogens (primary N) is 1. The monoisotopic (exact) mass is 232 g/mol. The van der Waals surface area contributed by atoms with E-state index < -0.39 is 0 Å². The van der Waals surface area contributed by atoms with E-state index in [2.05, 4.69) is 27.3 Å². The number of aromatic nitrogens is 4. The zero-order chi connectivity index (χ0) is 12.3. The molecular weight excluding hydrogens is 216 g/mol. The van der Waals surface area contributed by atoms with E-state index in [4.69, 9.17) is 5.84 Å². The second kappa shape index (κ2) is 5.03. The SMILES string of the molecule is CCn1ccnc1C(NN)c1ccnc(C)n1. The first-order chi connectivity index (χ1) is 8.26. The van der Waals surface area contributed by atoms with Gasteiger partial charge in [-0.05, 0) is 19.9 Å². The number of nitrogens with one attached hydrogen (secondary N) is 1. The molecule has 6 heteroatoms. The Morgan fingerprint density at radius 3 is 2.88 bits per heavy atom. The number of hydrogen-bond donors (Lipinski definition) is 2. The minimum atomic E-state index is -0.216. The van der Waals surface area contributed by atoms with Crippen LogP contribution in [0.4, 0.5) is 0 Å². The number of aryl methyl sites for hydroxylation is 2. The van der Waals surface area contributed by atoms with Crippen molar-refractivity contribution in [3.63, 3.8) is 0 Å². The lowest BCUT2D eigenvalue weighted by Crippen LogP contribution is -2.31. The molecule has 0 aliphatic rings. The summed E-state index contributed by atoms with van der Waals surface area (Å²) in [5, 5.41) is 0. The first kappa shape index (κ1) is 11.7. The molecule has 0 aliphatic heterocycles. The molecule has 3 N–H and O–H groups in total. The first-order valence-electron chi connectivity index (χ1n) is 5.53.